The second kappa shape index (κ2) is 13.1. The van der Waals surface area contributed by atoms with Crippen molar-refractivity contribution in [1.29, 1.82) is 0 Å². The second-order valence-corrected chi connectivity index (χ2v) is 15.2. The van der Waals surface area contributed by atoms with E-state index in [1.807, 2.05) is 0 Å². The zero-order valence-corrected chi connectivity index (χ0v) is 32.0. The van der Waals surface area contributed by atoms with E-state index in [0.717, 1.165) is 79.1 Å². The first-order chi connectivity index (χ1) is 29.3. The predicted molar refractivity (Wildman–Crippen MR) is 239 cm³/mol. The van der Waals surface area contributed by atoms with Crippen LogP contribution in [0.1, 0.15) is 22.3 Å². The molecule has 12 rings (SSSR count). The smallest absolute Gasteiger partial charge is 0.156 e. The molecular weight excluding hydrogens is 721 g/mol. The Balaban J connectivity index is 1.14. The lowest BCUT2D eigenvalue weighted by atomic mass is 9.62. The summed E-state index contributed by atoms with van der Waals surface area (Å²) in [4.78, 5) is 2.36. The molecule has 0 radical (unpaired) electrons. The fraction of sp³-hybridized carbons (Fsp3) is 0.0182. The van der Waals surface area contributed by atoms with Gasteiger partial charge in [-0.15, -0.1) is 0 Å². The van der Waals surface area contributed by atoms with Crippen LogP contribution in [0.25, 0.3) is 38.6 Å². The summed E-state index contributed by atoms with van der Waals surface area (Å²) in [7, 11) is 0. The van der Waals surface area contributed by atoms with Crippen LogP contribution in [-0.2, 0) is 5.41 Å². The number of nitrogens with zero attached hydrogens (tertiary/aromatic N) is 2. The van der Waals surface area contributed by atoms with Crippen molar-refractivity contribution in [3.8, 4) is 39.8 Å². The van der Waals surface area contributed by atoms with Crippen molar-refractivity contribution in [2.45, 2.75) is 5.41 Å². The average molecular weight is 757 g/mol. The van der Waals surface area contributed by atoms with Crippen molar-refractivity contribution in [2.75, 3.05) is 4.90 Å². The number of hydrogen-bond acceptors (Lipinski definition) is 3. The molecule has 4 nitrogen and oxygen atoms in total. The van der Waals surface area contributed by atoms with Gasteiger partial charge in [0.25, 0.3) is 0 Å². The van der Waals surface area contributed by atoms with Crippen LogP contribution in [0, 0.1) is 0 Å². The third-order valence-corrected chi connectivity index (χ3v) is 12.1. The van der Waals surface area contributed by atoms with Gasteiger partial charge in [0.1, 0.15) is 17.2 Å². The van der Waals surface area contributed by atoms with Gasteiger partial charge >= 0.3 is 0 Å². The highest BCUT2D eigenvalue weighted by Crippen LogP contribution is 2.63. The number of benzene rings is 9. The van der Waals surface area contributed by atoms with E-state index in [-0.39, 0.29) is 0 Å². The zero-order valence-electron chi connectivity index (χ0n) is 32.0. The van der Waals surface area contributed by atoms with E-state index < -0.39 is 5.41 Å². The molecule has 3 heterocycles. The molecule has 2 aliphatic rings. The summed E-state index contributed by atoms with van der Waals surface area (Å²) in [5, 5.41) is 2.37. The van der Waals surface area contributed by atoms with E-state index in [1.54, 1.807) is 0 Å². The van der Waals surface area contributed by atoms with Crippen LogP contribution in [0.15, 0.2) is 218 Å². The van der Waals surface area contributed by atoms with E-state index >= 15 is 0 Å². The fourth-order valence-electron chi connectivity index (χ4n) is 9.61. The number of rotatable bonds is 5. The topological polar surface area (TPSA) is 26.6 Å². The van der Waals surface area contributed by atoms with Crippen LogP contribution in [0.4, 0.5) is 17.1 Å². The summed E-state index contributed by atoms with van der Waals surface area (Å²) in [6, 6.07) is 77.6. The Morgan fingerprint density at radius 1 is 0.373 bits per heavy atom. The average Bonchev–Trinajstić information content (AvgIpc) is 3.64. The van der Waals surface area contributed by atoms with E-state index in [0.29, 0.717) is 0 Å². The monoisotopic (exact) mass is 756 g/mol. The van der Waals surface area contributed by atoms with Crippen LogP contribution in [0.2, 0.25) is 0 Å². The molecule has 0 saturated carbocycles. The minimum absolute atomic E-state index is 0.707. The fourth-order valence-corrected chi connectivity index (χ4v) is 9.61. The standard InChI is InChI=1S/C55H36N2O2/c1-3-16-37(17-4-1)38-30-32-40(33-31-38)56(41-34-35-49-43(36-41)42-20-7-11-25-48(42)57(49)39-18-5-2-6-19-39)50-26-15-24-47-54(50)59-53-29-14-10-23-46(53)55(47)44-21-8-12-27-51(44)58-52-28-13-9-22-45(52)55/h1-36H. The van der Waals surface area contributed by atoms with Crippen LogP contribution >= 0.6 is 0 Å². The predicted octanol–water partition coefficient (Wildman–Crippen LogP) is 14.5. The molecule has 0 saturated heterocycles. The lowest BCUT2D eigenvalue weighted by Gasteiger charge is -2.45. The molecule has 0 aliphatic carbocycles. The van der Waals surface area contributed by atoms with Crippen LogP contribution in [0.5, 0.6) is 23.0 Å². The molecule has 0 N–H and O–H groups in total. The van der Waals surface area contributed by atoms with Gasteiger partial charge in [-0.3, -0.25) is 0 Å². The molecule has 278 valence electrons. The lowest BCUT2D eigenvalue weighted by Crippen LogP contribution is -2.37. The van der Waals surface area contributed by atoms with E-state index in [1.165, 1.54) is 21.9 Å². The third-order valence-electron chi connectivity index (χ3n) is 12.1. The minimum atomic E-state index is -0.707. The maximum Gasteiger partial charge on any atom is 0.156 e. The minimum Gasteiger partial charge on any atom is -0.457 e. The largest absolute Gasteiger partial charge is 0.457 e. The first-order valence-corrected chi connectivity index (χ1v) is 20.1. The molecule has 1 spiro atoms. The van der Waals surface area contributed by atoms with Crippen LogP contribution in [-0.4, -0.2) is 4.57 Å². The quantitative estimate of drug-likeness (QED) is 0.175. The summed E-state index contributed by atoms with van der Waals surface area (Å²) in [6.07, 6.45) is 0. The van der Waals surface area contributed by atoms with Crippen molar-refractivity contribution in [2.24, 2.45) is 0 Å². The summed E-state index contributed by atoms with van der Waals surface area (Å²) in [6.45, 7) is 0. The van der Waals surface area contributed by atoms with Crippen molar-refractivity contribution in [1.82, 2.24) is 4.57 Å². The number of ether oxygens (including phenoxy) is 2. The molecule has 59 heavy (non-hydrogen) atoms. The highest BCUT2D eigenvalue weighted by molar-refractivity contribution is 6.10. The molecule has 2 aliphatic heterocycles. The third kappa shape index (κ3) is 4.96. The van der Waals surface area contributed by atoms with E-state index in [2.05, 4.69) is 228 Å². The lowest BCUT2D eigenvalue weighted by molar-refractivity contribution is 0.400. The number of hydrogen-bond donors (Lipinski definition) is 0. The number of aromatic nitrogens is 1. The summed E-state index contributed by atoms with van der Waals surface area (Å²) in [5.41, 5.74) is 12.4. The maximum absolute atomic E-state index is 7.22. The summed E-state index contributed by atoms with van der Waals surface area (Å²) < 4.78 is 16.2. The van der Waals surface area contributed by atoms with Gasteiger partial charge in [0, 0.05) is 50.1 Å². The SMILES string of the molecule is c1ccc(-c2ccc(N(c3ccc4c(c3)c3ccccc3n4-c3ccccc3)c3cccc4c3Oc3ccccc3C43c4ccccc4Oc4ccccc43)cc2)cc1. The highest BCUT2D eigenvalue weighted by atomic mass is 16.5. The van der Waals surface area contributed by atoms with E-state index in [4.69, 9.17) is 9.47 Å². The van der Waals surface area contributed by atoms with Gasteiger partial charge in [-0.2, -0.15) is 0 Å². The van der Waals surface area contributed by atoms with Crippen molar-refractivity contribution < 1.29 is 9.47 Å². The Bertz CT molecular complexity index is 3160. The van der Waals surface area contributed by atoms with Crippen LogP contribution < -0.4 is 14.4 Å². The van der Waals surface area contributed by atoms with Gasteiger partial charge in [0.2, 0.25) is 0 Å². The Hall–Kier alpha value is -7.82. The number of para-hydroxylation sites is 6. The van der Waals surface area contributed by atoms with Crippen molar-refractivity contribution in [3.05, 3.63) is 241 Å². The van der Waals surface area contributed by atoms with Gasteiger partial charge in [0.05, 0.1) is 22.1 Å². The van der Waals surface area contributed by atoms with E-state index in [9.17, 15) is 0 Å². The molecule has 0 bridgehead atoms. The molecule has 9 aromatic carbocycles. The zero-order chi connectivity index (χ0) is 38.9. The molecule has 4 heteroatoms. The molecule has 0 fully saturated rings. The Morgan fingerprint density at radius 3 is 1.59 bits per heavy atom. The van der Waals surface area contributed by atoms with Gasteiger partial charge < -0.3 is 18.9 Å². The number of fused-ring (bicyclic) bond motifs is 11. The van der Waals surface area contributed by atoms with Gasteiger partial charge in [-0.05, 0) is 83.9 Å². The van der Waals surface area contributed by atoms with Crippen molar-refractivity contribution >= 4 is 38.9 Å². The second-order valence-electron chi connectivity index (χ2n) is 15.2. The molecule has 0 atom stereocenters. The maximum atomic E-state index is 7.22. The van der Waals surface area contributed by atoms with Crippen LogP contribution in [0.3, 0.4) is 0 Å². The normalized spacial score (nSPS) is 13.2. The molecule has 0 amide bonds. The first kappa shape index (κ1) is 33.3. The highest BCUT2D eigenvalue weighted by Gasteiger charge is 2.51. The molecule has 1 aromatic heterocycles. The Morgan fingerprint density at radius 2 is 0.898 bits per heavy atom. The van der Waals surface area contributed by atoms with Gasteiger partial charge in [0.15, 0.2) is 5.75 Å². The van der Waals surface area contributed by atoms with Crippen molar-refractivity contribution in [3.63, 3.8) is 0 Å². The molecule has 10 aromatic rings. The summed E-state index contributed by atoms with van der Waals surface area (Å²) >= 11 is 0. The Kier molecular flexibility index (Phi) is 7.41. The van der Waals surface area contributed by atoms with Gasteiger partial charge in [-0.25, -0.2) is 0 Å². The number of anilines is 3. The molecular formula is C55H36N2O2. The first-order valence-electron chi connectivity index (χ1n) is 20.1. The van der Waals surface area contributed by atoms with Gasteiger partial charge in [-0.1, -0.05) is 146 Å². The Labute approximate surface area is 342 Å². The summed E-state index contributed by atoms with van der Waals surface area (Å²) in [5.74, 6) is 3.30. The molecule has 0 unspecified atom stereocenters.